The van der Waals surface area contributed by atoms with Crippen LogP contribution in [-0.2, 0) is 6.42 Å². The number of benzene rings is 1. The van der Waals surface area contributed by atoms with Gasteiger partial charge in [0, 0.05) is 28.9 Å². The summed E-state index contributed by atoms with van der Waals surface area (Å²) in [5.74, 6) is 2.37. The van der Waals surface area contributed by atoms with Gasteiger partial charge in [0.05, 0.1) is 21.3 Å². The molecule has 0 N–H and O–H groups in total. The van der Waals surface area contributed by atoms with Gasteiger partial charge in [-0.15, -0.1) is 0 Å². The minimum Gasteiger partial charge on any atom is -0.496 e. The third-order valence-electron chi connectivity index (χ3n) is 3.38. The van der Waals surface area contributed by atoms with Crippen LogP contribution in [0, 0.1) is 6.92 Å². The maximum Gasteiger partial charge on any atom is 0.170 e. The van der Waals surface area contributed by atoms with Crippen molar-refractivity contribution in [3.8, 4) is 17.2 Å². The molecule has 1 aromatic rings. The number of hydrogen-bond acceptors (Lipinski definition) is 4. The van der Waals surface area contributed by atoms with Gasteiger partial charge in [-0.1, -0.05) is 0 Å². The number of aliphatic imine (C=N–C) groups is 1. The summed E-state index contributed by atoms with van der Waals surface area (Å²) >= 11 is 0. The number of hydrogen-bond donors (Lipinski definition) is 0. The highest BCUT2D eigenvalue weighted by molar-refractivity contribution is 6.05. The molecule has 0 saturated carbocycles. The van der Waals surface area contributed by atoms with E-state index in [0.717, 1.165) is 47.1 Å². The summed E-state index contributed by atoms with van der Waals surface area (Å²) in [7, 11) is 4.99. The van der Waals surface area contributed by atoms with Crippen LogP contribution in [0.3, 0.4) is 0 Å². The van der Waals surface area contributed by atoms with E-state index in [2.05, 4.69) is 4.99 Å². The molecule has 4 nitrogen and oxygen atoms in total. The van der Waals surface area contributed by atoms with Crippen LogP contribution in [-0.4, -0.2) is 33.6 Å². The van der Waals surface area contributed by atoms with E-state index >= 15 is 0 Å². The van der Waals surface area contributed by atoms with Crippen LogP contribution >= 0.6 is 0 Å². The molecule has 1 aliphatic rings. The Hall–Kier alpha value is -1.71. The second-order valence-corrected chi connectivity index (χ2v) is 4.30. The van der Waals surface area contributed by atoms with Crippen molar-refractivity contribution < 1.29 is 14.2 Å². The number of nitrogens with zero attached hydrogens (tertiary/aromatic N) is 1. The van der Waals surface area contributed by atoms with Crippen LogP contribution in [0.15, 0.2) is 4.99 Å². The van der Waals surface area contributed by atoms with E-state index in [-0.39, 0.29) is 0 Å². The zero-order valence-corrected chi connectivity index (χ0v) is 11.6. The standard InChI is InChI=1S/C14H19NO3/c1-8-12(16-3)10-6-7-15-9(2)11(10)14(18-5)13(8)17-4/h6-7H2,1-5H3. The first-order valence-corrected chi connectivity index (χ1v) is 5.98. The molecule has 2 rings (SSSR count). The zero-order chi connectivity index (χ0) is 13.3. The molecule has 1 aliphatic heterocycles. The smallest absolute Gasteiger partial charge is 0.170 e. The van der Waals surface area contributed by atoms with Crippen LogP contribution in [0.5, 0.6) is 17.2 Å². The third kappa shape index (κ3) is 1.72. The molecule has 0 atom stereocenters. The average molecular weight is 249 g/mol. The highest BCUT2D eigenvalue weighted by atomic mass is 16.5. The zero-order valence-electron chi connectivity index (χ0n) is 11.6. The van der Waals surface area contributed by atoms with Crippen molar-refractivity contribution in [2.75, 3.05) is 27.9 Å². The Bertz CT molecular complexity index is 506. The van der Waals surface area contributed by atoms with Gasteiger partial charge in [0.1, 0.15) is 5.75 Å². The molecule has 0 radical (unpaired) electrons. The maximum absolute atomic E-state index is 5.54. The SMILES string of the molecule is COc1c(C)c(OC)c(OC)c2c1CCN=C2C. The fourth-order valence-corrected chi connectivity index (χ4v) is 2.62. The second kappa shape index (κ2) is 4.88. The Morgan fingerprint density at radius 2 is 1.50 bits per heavy atom. The molecule has 4 heteroatoms. The Morgan fingerprint density at radius 1 is 0.889 bits per heavy atom. The van der Waals surface area contributed by atoms with Gasteiger partial charge in [-0.3, -0.25) is 4.99 Å². The third-order valence-corrected chi connectivity index (χ3v) is 3.38. The number of fused-ring (bicyclic) bond motifs is 1. The van der Waals surface area contributed by atoms with Crippen LogP contribution in [0.2, 0.25) is 0 Å². The first kappa shape index (κ1) is 12.7. The second-order valence-electron chi connectivity index (χ2n) is 4.30. The van der Waals surface area contributed by atoms with Crippen LogP contribution in [0.4, 0.5) is 0 Å². The molecule has 0 spiro atoms. The average Bonchev–Trinajstić information content (AvgIpc) is 2.37. The largest absolute Gasteiger partial charge is 0.496 e. The Morgan fingerprint density at radius 3 is 2.06 bits per heavy atom. The Balaban J connectivity index is 2.83. The first-order chi connectivity index (χ1) is 8.65. The van der Waals surface area contributed by atoms with Gasteiger partial charge >= 0.3 is 0 Å². The molecular formula is C14H19NO3. The summed E-state index contributed by atoms with van der Waals surface area (Å²) in [6, 6.07) is 0. The van der Waals surface area contributed by atoms with E-state index in [1.165, 1.54) is 5.56 Å². The molecule has 0 amide bonds. The Kier molecular flexibility index (Phi) is 3.45. The fourth-order valence-electron chi connectivity index (χ4n) is 2.62. The predicted molar refractivity (Wildman–Crippen MR) is 71.6 cm³/mol. The minimum atomic E-state index is 0.726. The summed E-state index contributed by atoms with van der Waals surface area (Å²) in [5, 5.41) is 0. The first-order valence-electron chi connectivity index (χ1n) is 5.98. The van der Waals surface area contributed by atoms with Crippen molar-refractivity contribution in [1.29, 1.82) is 0 Å². The molecule has 0 aromatic heterocycles. The summed E-state index contributed by atoms with van der Waals surface area (Å²) in [6.45, 7) is 4.78. The van der Waals surface area contributed by atoms with Crippen LogP contribution in [0.1, 0.15) is 23.6 Å². The van der Waals surface area contributed by atoms with Gasteiger partial charge in [0.2, 0.25) is 0 Å². The summed E-state index contributed by atoms with van der Waals surface area (Å²) < 4.78 is 16.5. The van der Waals surface area contributed by atoms with Crippen molar-refractivity contribution in [2.24, 2.45) is 4.99 Å². The minimum absolute atomic E-state index is 0.726. The van der Waals surface area contributed by atoms with Gasteiger partial charge < -0.3 is 14.2 Å². The lowest BCUT2D eigenvalue weighted by Crippen LogP contribution is -2.15. The van der Waals surface area contributed by atoms with Gasteiger partial charge in [-0.2, -0.15) is 0 Å². The fraction of sp³-hybridized carbons (Fsp3) is 0.500. The maximum atomic E-state index is 5.54. The highest BCUT2D eigenvalue weighted by Crippen LogP contribution is 2.45. The van der Waals surface area contributed by atoms with Crippen molar-refractivity contribution in [3.63, 3.8) is 0 Å². The van der Waals surface area contributed by atoms with Crippen molar-refractivity contribution in [2.45, 2.75) is 20.3 Å². The molecule has 1 aromatic carbocycles. The Labute approximate surface area is 108 Å². The summed E-state index contributed by atoms with van der Waals surface area (Å²) in [4.78, 5) is 4.49. The van der Waals surface area contributed by atoms with E-state index in [9.17, 15) is 0 Å². The van der Waals surface area contributed by atoms with Gasteiger partial charge in [0.15, 0.2) is 11.5 Å². The molecule has 1 heterocycles. The van der Waals surface area contributed by atoms with Crippen LogP contribution in [0.25, 0.3) is 0 Å². The molecule has 0 bridgehead atoms. The lowest BCUT2D eigenvalue weighted by atomic mass is 9.93. The lowest BCUT2D eigenvalue weighted by molar-refractivity contribution is 0.343. The molecular weight excluding hydrogens is 230 g/mol. The summed E-state index contributed by atoms with van der Waals surface area (Å²) in [6.07, 6.45) is 0.872. The van der Waals surface area contributed by atoms with E-state index < -0.39 is 0 Å². The highest BCUT2D eigenvalue weighted by Gasteiger charge is 2.26. The van der Waals surface area contributed by atoms with Gasteiger partial charge in [0.25, 0.3) is 0 Å². The monoisotopic (exact) mass is 249 g/mol. The topological polar surface area (TPSA) is 40.0 Å². The normalized spacial score (nSPS) is 13.7. The van der Waals surface area contributed by atoms with Crippen molar-refractivity contribution >= 4 is 5.71 Å². The lowest BCUT2D eigenvalue weighted by Gasteiger charge is -2.24. The van der Waals surface area contributed by atoms with E-state index in [4.69, 9.17) is 14.2 Å². The van der Waals surface area contributed by atoms with Crippen molar-refractivity contribution in [1.82, 2.24) is 0 Å². The van der Waals surface area contributed by atoms with Gasteiger partial charge in [-0.05, 0) is 20.3 Å². The van der Waals surface area contributed by atoms with E-state index in [1.807, 2.05) is 13.8 Å². The quantitative estimate of drug-likeness (QED) is 0.825. The van der Waals surface area contributed by atoms with E-state index in [1.54, 1.807) is 21.3 Å². The van der Waals surface area contributed by atoms with Gasteiger partial charge in [-0.25, -0.2) is 0 Å². The molecule has 0 fully saturated rings. The van der Waals surface area contributed by atoms with E-state index in [0.29, 0.717) is 0 Å². The molecule has 0 saturated heterocycles. The number of rotatable bonds is 3. The molecule has 18 heavy (non-hydrogen) atoms. The van der Waals surface area contributed by atoms with Crippen molar-refractivity contribution in [3.05, 3.63) is 16.7 Å². The molecule has 0 unspecified atom stereocenters. The molecule has 98 valence electrons. The predicted octanol–water partition coefficient (Wildman–Crippen LogP) is 2.39. The number of methoxy groups -OCH3 is 3. The van der Waals surface area contributed by atoms with Crippen LogP contribution < -0.4 is 14.2 Å². The molecule has 0 aliphatic carbocycles. The summed E-state index contributed by atoms with van der Waals surface area (Å²) in [5.41, 5.74) is 4.14. The number of ether oxygens (including phenoxy) is 3.